The molecule has 0 aromatic carbocycles. The van der Waals surface area contributed by atoms with Crippen LogP contribution in [0.25, 0.3) is 0 Å². The van der Waals surface area contributed by atoms with Crippen LogP contribution in [0.2, 0.25) is 0 Å². The number of esters is 1. The Morgan fingerprint density at radius 2 is 1.78 bits per heavy atom. The number of hydrogen-bond acceptors (Lipinski definition) is 6. The fourth-order valence-corrected chi connectivity index (χ4v) is 1.12. The van der Waals surface area contributed by atoms with Crippen molar-refractivity contribution in [2.75, 3.05) is 66.8 Å². The minimum Gasteiger partial charge on any atom is -0.464 e. The van der Waals surface area contributed by atoms with Gasteiger partial charge in [0.15, 0.2) is 0 Å². The average Bonchev–Trinajstić information content (AvgIpc) is 2.31. The van der Waals surface area contributed by atoms with E-state index in [0.717, 1.165) is 19.7 Å². The second-order valence-electron chi connectivity index (χ2n) is 4.02. The van der Waals surface area contributed by atoms with E-state index in [-0.39, 0.29) is 12.6 Å². The van der Waals surface area contributed by atoms with Crippen molar-refractivity contribution in [3.8, 4) is 0 Å². The summed E-state index contributed by atoms with van der Waals surface area (Å²) < 4.78 is 15.2. The SMILES string of the molecule is CCOC(=O)COCCNCCOCCN(C)C. The van der Waals surface area contributed by atoms with Gasteiger partial charge in [0.2, 0.25) is 0 Å². The summed E-state index contributed by atoms with van der Waals surface area (Å²) in [5.41, 5.74) is 0. The smallest absolute Gasteiger partial charge is 0.332 e. The second kappa shape index (κ2) is 12.8. The Morgan fingerprint density at radius 3 is 2.39 bits per heavy atom. The molecule has 0 saturated heterocycles. The minimum absolute atomic E-state index is 0.0227. The number of nitrogens with one attached hydrogen (secondary N) is 1. The van der Waals surface area contributed by atoms with Crippen molar-refractivity contribution in [2.45, 2.75) is 6.92 Å². The van der Waals surface area contributed by atoms with Gasteiger partial charge in [-0.15, -0.1) is 0 Å². The lowest BCUT2D eigenvalue weighted by molar-refractivity contribution is -0.148. The molecule has 0 saturated carbocycles. The van der Waals surface area contributed by atoms with Crippen molar-refractivity contribution in [1.29, 1.82) is 0 Å². The molecule has 0 fully saturated rings. The maximum absolute atomic E-state index is 10.9. The van der Waals surface area contributed by atoms with Gasteiger partial charge >= 0.3 is 5.97 Å². The van der Waals surface area contributed by atoms with E-state index in [0.29, 0.717) is 26.4 Å². The van der Waals surface area contributed by atoms with Crippen molar-refractivity contribution in [3.05, 3.63) is 0 Å². The number of carbonyl (C=O) groups is 1. The largest absolute Gasteiger partial charge is 0.464 e. The van der Waals surface area contributed by atoms with Gasteiger partial charge in [-0.25, -0.2) is 4.79 Å². The summed E-state index contributed by atoms with van der Waals surface area (Å²) in [6.45, 7) is 6.54. The lowest BCUT2D eigenvalue weighted by atomic mass is 10.6. The molecule has 6 nitrogen and oxygen atoms in total. The molecular formula is C12H26N2O4. The molecule has 0 aliphatic carbocycles. The number of hydrogen-bond donors (Lipinski definition) is 1. The first kappa shape index (κ1) is 17.3. The minimum atomic E-state index is -0.315. The summed E-state index contributed by atoms with van der Waals surface area (Å²) in [6, 6.07) is 0. The van der Waals surface area contributed by atoms with Gasteiger partial charge in [0.05, 0.1) is 26.4 Å². The molecule has 0 rings (SSSR count). The van der Waals surface area contributed by atoms with E-state index in [9.17, 15) is 4.79 Å². The summed E-state index contributed by atoms with van der Waals surface area (Å²) in [7, 11) is 4.03. The highest BCUT2D eigenvalue weighted by Crippen LogP contribution is 1.81. The van der Waals surface area contributed by atoms with Gasteiger partial charge in [-0.1, -0.05) is 0 Å². The summed E-state index contributed by atoms with van der Waals surface area (Å²) in [4.78, 5) is 13.0. The highest BCUT2D eigenvalue weighted by atomic mass is 16.6. The third kappa shape index (κ3) is 13.4. The zero-order chi connectivity index (χ0) is 13.6. The molecule has 0 aliphatic heterocycles. The van der Waals surface area contributed by atoms with Crippen LogP contribution in [0.1, 0.15) is 6.92 Å². The molecule has 0 aromatic heterocycles. The van der Waals surface area contributed by atoms with Crippen LogP contribution in [-0.2, 0) is 19.0 Å². The van der Waals surface area contributed by atoms with Crippen molar-refractivity contribution in [1.82, 2.24) is 10.2 Å². The normalized spacial score (nSPS) is 10.9. The number of rotatable bonds is 12. The maximum Gasteiger partial charge on any atom is 0.332 e. The Labute approximate surface area is 110 Å². The Hall–Kier alpha value is -0.690. The monoisotopic (exact) mass is 262 g/mol. The molecule has 0 bridgehead atoms. The molecule has 6 heteroatoms. The van der Waals surface area contributed by atoms with Crippen LogP contribution in [0, 0.1) is 0 Å². The van der Waals surface area contributed by atoms with E-state index < -0.39 is 0 Å². The standard InChI is InChI=1S/C12H26N2O4/c1-4-18-12(15)11-17-9-6-13-5-8-16-10-7-14(2)3/h13H,4-11H2,1-3H3. The van der Waals surface area contributed by atoms with Crippen molar-refractivity contribution < 1.29 is 19.0 Å². The lowest BCUT2D eigenvalue weighted by Gasteiger charge is -2.10. The molecule has 0 aliphatic rings. The second-order valence-corrected chi connectivity index (χ2v) is 4.02. The van der Waals surface area contributed by atoms with Crippen LogP contribution in [0.3, 0.4) is 0 Å². The fraction of sp³-hybridized carbons (Fsp3) is 0.917. The maximum atomic E-state index is 10.9. The average molecular weight is 262 g/mol. The Morgan fingerprint density at radius 1 is 1.11 bits per heavy atom. The van der Waals surface area contributed by atoms with Crippen molar-refractivity contribution in [2.24, 2.45) is 0 Å². The molecule has 0 spiro atoms. The Bertz CT molecular complexity index is 201. The number of nitrogens with zero attached hydrogens (tertiary/aromatic N) is 1. The number of likely N-dealkylation sites (N-methyl/N-ethyl adjacent to an activating group) is 1. The lowest BCUT2D eigenvalue weighted by Crippen LogP contribution is -2.26. The number of ether oxygens (including phenoxy) is 3. The van der Waals surface area contributed by atoms with Gasteiger partial charge in [-0.2, -0.15) is 0 Å². The first-order valence-corrected chi connectivity index (χ1v) is 6.33. The van der Waals surface area contributed by atoms with E-state index >= 15 is 0 Å². The van der Waals surface area contributed by atoms with E-state index in [1.807, 2.05) is 14.1 Å². The van der Waals surface area contributed by atoms with Gasteiger partial charge < -0.3 is 24.4 Å². The van der Waals surface area contributed by atoms with Crippen LogP contribution in [0.5, 0.6) is 0 Å². The van der Waals surface area contributed by atoms with Gasteiger partial charge in [-0.3, -0.25) is 0 Å². The molecule has 0 radical (unpaired) electrons. The zero-order valence-corrected chi connectivity index (χ0v) is 11.7. The molecule has 0 unspecified atom stereocenters. The highest BCUT2D eigenvalue weighted by molar-refractivity contribution is 5.70. The van der Waals surface area contributed by atoms with Crippen molar-refractivity contribution >= 4 is 5.97 Å². The fourth-order valence-electron chi connectivity index (χ4n) is 1.12. The first-order valence-electron chi connectivity index (χ1n) is 6.33. The van der Waals surface area contributed by atoms with Crippen LogP contribution < -0.4 is 5.32 Å². The van der Waals surface area contributed by atoms with Gasteiger partial charge in [-0.05, 0) is 21.0 Å². The summed E-state index contributed by atoms with van der Waals surface area (Å²) in [6.07, 6.45) is 0. The van der Waals surface area contributed by atoms with Gasteiger partial charge in [0.1, 0.15) is 6.61 Å². The molecule has 0 aromatic rings. The first-order chi connectivity index (χ1) is 8.66. The van der Waals surface area contributed by atoms with Crippen LogP contribution in [0.4, 0.5) is 0 Å². The number of carbonyl (C=O) groups excluding carboxylic acids is 1. The summed E-state index contributed by atoms with van der Waals surface area (Å²) >= 11 is 0. The molecular weight excluding hydrogens is 236 g/mol. The van der Waals surface area contributed by atoms with Crippen LogP contribution in [-0.4, -0.2) is 77.6 Å². The molecule has 0 heterocycles. The predicted octanol–water partition coefficient (Wildman–Crippen LogP) is -0.266. The van der Waals surface area contributed by atoms with Gasteiger partial charge in [0, 0.05) is 19.6 Å². The summed E-state index contributed by atoms with van der Waals surface area (Å²) in [5.74, 6) is -0.315. The zero-order valence-electron chi connectivity index (χ0n) is 11.7. The van der Waals surface area contributed by atoms with E-state index in [2.05, 4.69) is 10.2 Å². The molecule has 0 amide bonds. The van der Waals surface area contributed by atoms with E-state index in [1.54, 1.807) is 6.92 Å². The Kier molecular flexibility index (Phi) is 12.3. The molecule has 1 N–H and O–H groups in total. The summed E-state index contributed by atoms with van der Waals surface area (Å²) in [5, 5.41) is 3.16. The molecule has 108 valence electrons. The third-order valence-corrected chi connectivity index (χ3v) is 2.05. The molecule has 0 atom stereocenters. The van der Waals surface area contributed by atoms with E-state index in [1.165, 1.54) is 0 Å². The Balaban J connectivity index is 3.05. The van der Waals surface area contributed by atoms with Gasteiger partial charge in [0.25, 0.3) is 0 Å². The van der Waals surface area contributed by atoms with Crippen LogP contribution >= 0.6 is 0 Å². The quantitative estimate of drug-likeness (QED) is 0.386. The topological polar surface area (TPSA) is 60.0 Å². The van der Waals surface area contributed by atoms with Crippen LogP contribution in [0.15, 0.2) is 0 Å². The molecule has 18 heavy (non-hydrogen) atoms. The predicted molar refractivity (Wildman–Crippen MR) is 69.7 cm³/mol. The third-order valence-electron chi connectivity index (χ3n) is 2.05. The van der Waals surface area contributed by atoms with E-state index in [4.69, 9.17) is 14.2 Å². The van der Waals surface area contributed by atoms with Crippen molar-refractivity contribution in [3.63, 3.8) is 0 Å². The highest BCUT2D eigenvalue weighted by Gasteiger charge is 2.00.